The molecule has 0 saturated carbocycles. The normalized spacial score (nSPS) is 18.0. The number of hydrogen-bond donors (Lipinski definition) is 2. The van der Waals surface area contributed by atoms with Crippen LogP contribution < -0.4 is 11.1 Å². The molecule has 0 bridgehead atoms. The molecule has 0 aliphatic carbocycles. The number of amides is 3. The Morgan fingerprint density at radius 1 is 1.57 bits per heavy atom. The number of aromatic nitrogens is 2. The van der Waals surface area contributed by atoms with Crippen molar-refractivity contribution < 1.29 is 18.8 Å². The fraction of sp³-hybridized carbons (Fsp3) is 0.667. The third-order valence-corrected chi connectivity index (χ3v) is 3.27. The van der Waals surface area contributed by atoms with E-state index in [0.29, 0.717) is 37.7 Å². The Balaban J connectivity index is 1.83. The summed E-state index contributed by atoms with van der Waals surface area (Å²) in [6, 6.07) is -0.882. The second kappa shape index (κ2) is 7.02. The number of nitrogens with zero attached hydrogens (tertiary/aromatic N) is 3. The zero-order chi connectivity index (χ0) is 15.2. The van der Waals surface area contributed by atoms with E-state index in [9.17, 15) is 9.59 Å². The highest BCUT2D eigenvalue weighted by Gasteiger charge is 2.32. The third kappa shape index (κ3) is 3.91. The van der Waals surface area contributed by atoms with Crippen molar-refractivity contribution in [1.82, 2.24) is 20.4 Å². The molecule has 1 atom stereocenters. The lowest BCUT2D eigenvalue weighted by molar-refractivity contribution is -0.121. The van der Waals surface area contributed by atoms with Crippen molar-refractivity contribution in [3.8, 4) is 0 Å². The van der Waals surface area contributed by atoms with Crippen LogP contribution in [-0.2, 0) is 22.5 Å². The Kier molecular flexibility index (Phi) is 5.09. The van der Waals surface area contributed by atoms with Gasteiger partial charge in [-0.15, -0.1) is 0 Å². The molecule has 0 spiro atoms. The minimum atomic E-state index is -0.535. The number of primary amides is 1. The van der Waals surface area contributed by atoms with Crippen molar-refractivity contribution in [2.75, 3.05) is 20.3 Å². The number of likely N-dealkylation sites (tertiary alicyclic amines) is 1. The van der Waals surface area contributed by atoms with Crippen molar-refractivity contribution in [2.24, 2.45) is 5.73 Å². The van der Waals surface area contributed by atoms with Crippen LogP contribution in [0.5, 0.6) is 0 Å². The van der Waals surface area contributed by atoms with Gasteiger partial charge in [0.2, 0.25) is 11.8 Å². The molecule has 1 aliphatic heterocycles. The fourth-order valence-corrected chi connectivity index (χ4v) is 2.21. The van der Waals surface area contributed by atoms with Crippen LogP contribution >= 0.6 is 0 Å². The smallest absolute Gasteiger partial charge is 0.318 e. The molecule has 1 fully saturated rings. The predicted octanol–water partition coefficient (Wildman–Crippen LogP) is -0.582. The van der Waals surface area contributed by atoms with Crippen molar-refractivity contribution in [1.29, 1.82) is 0 Å². The molecular weight excluding hydrogens is 278 g/mol. The number of ether oxygens (including phenoxy) is 1. The average molecular weight is 297 g/mol. The van der Waals surface area contributed by atoms with E-state index in [-0.39, 0.29) is 12.6 Å². The Labute approximate surface area is 121 Å². The van der Waals surface area contributed by atoms with Gasteiger partial charge in [-0.3, -0.25) is 4.79 Å². The molecule has 116 valence electrons. The highest BCUT2D eigenvalue weighted by Crippen LogP contribution is 2.16. The van der Waals surface area contributed by atoms with E-state index in [1.807, 2.05) is 0 Å². The second-order valence-electron chi connectivity index (χ2n) is 4.76. The van der Waals surface area contributed by atoms with Gasteiger partial charge < -0.3 is 25.2 Å². The van der Waals surface area contributed by atoms with Gasteiger partial charge in [0.25, 0.3) is 0 Å². The maximum absolute atomic E-state index is 12.0. The van der Waals surface area contributed by atoms with E-state index in [0.717, 1.165) is 6.42 Å². The van der Waals surface area contributed by atoms with E-state index in [1.165, 1.54) is 4.90 Å². The molecule has 1 saturated heterocycles. The zero-order valence-electron chi connectivity index (χ0n) is 11.9. The number of carbonyl (C=O) groups is 2. The van der Waals surface area contributed by atoms with E-state index in [1.54, 1.807) is 7.11 Å². The van der Waals surface area contributed by atoms with Gasteiger partial charge in [0.05, 0.1) is 19.6 Å². The SMILES string of the molecule is COCCc1nc(CNC(=O)N2CCC[C@H]2C(N)=O)no1. The van der Waals surface area contributed by atoms with Crippen LogP contribution in [0.2, 0.25) is 0 Å². The molecule has 9 heteroatoms. The molecule has 0 radical (unpaired) electrons. The molecule has 3 N–H and O–H groups in total. The Bertz CT molecular complexity index is 504. The third-order valence-electron chi connectivity index (χ3n) is 3.27. The maximum atomic E-state index is 12.0. The first-order valence-corrected chi connectivity index (χ1v) is 6.76. The average Bonchev–Trinajstić information content (AvgIpc) is 3.11. The standard InChI is InChI=1S/C12H19N5O4/c1-20-6-4-10-15-9(16-21-10)7-14-12(19)17-5-2-3-8(17)11(13)18/h8H,2-7H2,1H3,(H2,13,18)(H,14,19)/t8-/m0/s1. The van der Waals surface area contributed by atoms with Gasteiger partial charge >= 0.3 is 6.03 Å². The molecule has 3 amide bonds. The van der Waals surface area contributed by atoms with Crippen LogP contribution in [-0.4, -0.2) is 53.3 Å². The first kappa shape index (κ1) is 15.2. The first-order valence-electron chi connectivity index (χ1n) is 6.76. The van der Waals surface area contributed by atoms with Gasteiger partial charge in [-0.1, -0.05) is 5.16 Å². The van der Waals surface area contributed by atoms with Gasteiger partial charge in [-0.25, -0.2) is 4.79 Å². The highest BCUT2D eigenvalue weighted by atomic mass is 16.5. The number of rotatable bonds is 6. The summed E-state index contributed by atoms with van der Waals surface area (Å²) in [7, 11) is 1.59. The van der Waals surface area contributed by atoms with Crippen LogP contribution in [0.3, 0.4) is 0 Å². The van der Waals surface area contributed by atoms with Crippen LogP contribution in [0.1, 0.15) is 24.6 Å². The number of nitrogens with two attached hydrogens (primary N) is 1. The molecule has 9 nitrogen and oxygen atoms in total. The van der Waals surface area contributed by atoms with Gasteiger partial charge in [0.15, 0.2) is 5.82 Å². The Morgan fingerprint density at radius 3 is 3.10 bits per heavy atom. The Morgan fingerprint density at radius 2 is 2.38 bits per heavy atom. The number of hydrogen-bond acceptors (Lipinski definition) is 6. The summed E-state index contributed by atoms with van der Waals surface area (Å²) in [5, 5.41) is 6.41. The van der Waals surface area contributed by atoms with Gasteiger partial charge in [-0.05, 0) is 12.8 Å². The van der Waals surface area contributed by atoms with E-state index < -0.39 is 11.9 Å². The van der Waals surface area contributed by atoms with Crippen LogP contribution in [0.25, 0.3) is 0 Å². The lowest BCUT2D eigenvalue weighted by Crippen LogP contribution is -2.47. The molecule has 2 rings (SSSR count). The minimum absolute atomic E-state index is 0.136. The molecule has 1 aliphatic rings. The number of nitrogens with one attached hydrogen (secondary N) is 1. The molecule has 2 heterocycles. The summed E-state index contributed by atoms with van der Waals surface area (Å²) < 4.78 is 9.91. The first-order chi connectivity index (χ1) is 10.1. The molecule has 1 aromatic heterocycles. The minimum Gasteiger partial charge on any atom is -0.384 e. The lowest BCUT2D eigenvalue weighted by Gasteiger charge is -2.21. The molecule has 1 aromatic rings. The predicted molar refractivity (Wildman–Crippen MR) is 71.0 cm³/mol. The summed E-state index contributed by atoms with van der Waals surface area (Å²) in [6.45, 7) is 1.14. The summed E-state index contributed by atoms with van der Waals surface area (Å²) in [6.07, 6.45) is 1.89. The topological polar surface area (TPSA) is 124 Å². The maximum Gasteiger partial charge on any atom is 0.318 e. The molecule has 0 unspecified atom stereocenters. The number of urea groups is 1. The largest absolute Gasteiger partial charge is 0.384 e. The van der Waals surface area contributed by atoms with Crippen molar-refractivity contribution in [2.45, 2.75) is 31.8 Å². The van der Waals surface area contributed by atoms with Gasteiger partial charge in [-0.2, -0.15) is 4.98 Å². The van der Waals surface area contributed by atoms with Crippen LogP contribution in [0, 0.1) is 0 Å². The summed E-state index contributed by atoms with van der Waals surface area (Å²) in [4.78, 5) is 28.8. The molecule has 21 heavy (non-hydrogen) atoms. The summed E-state index contributed by atoms with van der Waals surface area (Å²) >= 11 is 0. The van der Waals surface area contributed by atoms with E-state index in [2.05, 4.69) is 15.5 Å². The van der Waals surface area contributed by atoms with E-state index in [4.69, 9.17) is 15.0 Å². The van der Waals surface area contributed by atoms with Crippen molar-refractivity contribution in [3.05, 3.63) is 11.7 Å². The molecular formula is C12H19N5O4. The van der Waals surface area contributed by atoms with Crippen molar-refractivity contribution in [3.63, 3.8) is 0 Å². The monoisotopic (exact) mass is 297 g/mol. The lowest BCUT2D eigenvalue weighted by atomic mass is 10.2. The van der Waals surface area contributed by atoms with E-state index >= 15 is 0 Å². The number of methoxy groups -OCH3 is 1. The zero-order valence-corrected chi connectivity index (χ0v) is 11.9. The molecule has 0 aromatic carbocycles. The van der Waals surface area contributed by atoms with Gasteiger partial charge in [0.1, 0.15) is 6.04 Å². The summed E-state index contributed by atoms with van der Waals surface area (Å²) in [5.74, 6) is 0.352. The fourth-order valence-electron chi connectivity index (χ4n) is 2.21. The van der Waals surface area contributed by atoms with Crippen LogP contribution in [0.4, 0.5) is 4.79 Å². The van der Waals surface area contributed by atoms with Crippen molar-refractivity contribution >= 4 is 11.9 Å². The van der Waals surface area contributed by atoms with Crippen LogP contribution in [0.15, 0.2) is 4.52 Å². The second-order valence-corrected chi connectivity index (χ2v) is 4.76. The summed E-state index contributed by atoms with van der Waals surface area (Å²) in [5.41, 5.74) is 5.27. The van der Waals surface area contributed by atoms with Gasteiger partial charge in [0, 0.05) is 13.7 Å². The Hall–Kier alpha value is -2.16. The number of carbonyl (C=O) groups excluding carboxylic acids is 2. The quantitative estimate of drug-likeness (QED) is 0.724. The highest BCUT2D eigenvalue weighted by molar-refractivity contribution is 5.86.